The Balaban J connectivity index is 1.89. The Kier molecular flexibility index (Phi) is 8.52. The number of carbonyl (C=O) groups is 1. The number of imidazole rings is 1. The molecule has 0 aliphatic carbocycles. The molecule has 7 nitrogen and oxygen atoms in total. The predicted octanol–water partition coefficient (Wildman–Crippen LogP) is 5.39. The molecule has 2 aromatic carbocycles. The van der Waals surface area contributed by atoms with Crippen LogP contribution in [0.3, 0.4) is 0 Å². The molecule has 0 radical (unpaired) electrons. The molecule has 0 bridgehead atoms. The number of hydrogen-bond acceptors (Lipinski definition) is 4. The van der Waals surface area contributed by atoms with Crippen LogP contribution in [-0.4, -0.2) is 35.4 Å². The normalized spacial score (nSPS) is 11.4. The highest BCUT2D eigenvalue weighted by atomic mass is 35.5. The van der Waals surface area contributed by atoms with Crippen LogP contribution in [0.1, 0.15) is 25.1 Å². The van der Waals surface area contributed by atoms with Crippen molar-refractivity contribution in [2.24, 2.45) is 5.92 Å². The van der Waals surface area contributed by atoms with E-state index < -0.39 is 9.84 Å². The molecule has 3 rings (SSSR count). The second-order valence-corrected chi connectivity index (χ2v) is 10.7. The summed E-state index contributed by atoms with van der Waals surface area (Å²) in [5.74, 6) is 0.0281. The number of sulfone groups is 1. The summed E-state index contributed by atoms with van der Waals surface area (Å²) in [4.78, 5) is 18.8. The van der Waals surface area contributed by atoms with E-state index >= 15 is 0 Å². The van der Waals surface area contributed by atoms with E-state index in [0.717, 1.165) is 0 Å². The standard InChI is InChI=1S/C25H29ClN4O3S/c1-4-13-29(24(31)28-22-12-8-11-21(26)14-22)17-23-15-27-25(30(23)16-19(2)3)34(32,33)18-20-9-6-5-7-10-20/h4-12,14-15,19H,1,13,16-18H2,2-3H3,(H,28,31). The molecule has 1 N–H and O–H groups in total. The van der Waals surface area contributed by atoms with Gasteiger partial charge in [0.2, 0.25) is 15.0 Å². The zero-order chi connectivity index (χ0) is 24.7. The molecule has 3 aromatic rings. The summed E-state index contributed by atoms with van der Waals surface area (Å²) in [5, 5.41) is 3.34. The molecule has 0 aliphatic heterocycles. The van der Waals surface area contributed by atoms with Gasteiger partial charge in [-0.05, 0) is 29.7 Å². The fraction of sp³-hybridized carbons (Fsp3) is 0.280. The minimum Gasteiger partial charge on any atom is -0.317 e. The minimum absolute atomic E-state index is 0.00820. The average Bonchev–Trinajstić information content (AvgIpc) is 3.16. The molecule has 34 heavy (non-hydrogen) atoms. The predicted molar refractivity (Wildman–Crippen MR) is 135 cm³/mol. The SMILES string of the molecule is C=CCN(Cc1cnc(S(=O)(=O)Cc2ccccc2)n1CC(C)C)C(=O)Nc1cccc(Cl)c1. The summed E-state index contributed by atoms with van der Waals surface area (Å²) in [6.45, 7) is 8.65. The number of nitrogens with zero attached hydrogens (tertiary/aromatic N) is 3. The van der Waals surface area contributed by atoms with Gasteiger partial charge in [-0.1, -0.05) is 67.9 Å². The number of rotatable bonds is 10. The molecule has 1 heterocycles. The Labute approximate surface area is 206 Å². The maximum absolute atomic E-state index is 13.2. The van der Waals surface area contributed by atoms with Gasteiger partial charge in [0, 0.05) is 23.8 Å². The van der Waals surface area contributed by atoms with Gasteiger partial charge in [-0.3, -0.25) is 0 Å². The Bertz CT molecular complexity index is 1240. The van der Waals surface area contributed by atoms with E-state index in [0.29, 0.717) is 28.5 Å². The van der Waals surface area contributed by atoms with Gasteiger partial charge >= 0.3 is 6.03 Å². The smallest absolute Gasteiger partial charge is 0.317 e. The quantitative estimate of drug-likeness (QED) is 0.378. The Morgan fingerprint density at radius 1 is 1.21 bits per heavy atom. The number of carbonyl (C=O) groups excluding carboxylic acids is 1. The minimum atomic E-state index is -3.69. The largest absolute Gasteiger partial charge is 0.322 e. The summed E-state index contributed by atoms with van der Waals surface area (Å²) in [5.41, 5.74) is 1.88. The molecule has 0 spiro atoms. The van der Waals surface area contributed by atoms with Crippen LogP contribution in [0.2, 0.25) is 5.02 Å². The molecule has 0 saturated carbocycles. The molecule has 9 heteroatoms. The third-order valence-electron chi connectivity index (χ3n) is 4.99. The van der Waals surface area contributed by atoms with Crippen LogP contribution in [0.25, 0.3) is 0 Å². The van der Waals surface area contributed by atoms with Crippen molar-refractivity contribution in [3.05, 3.63) is 89.7 Å². The Morgan fingerprint density at radius 2 is 1.94 bits per heavy atom. The fourth-order valence-corrected chi connectivity index (χ4v) is 5.22. The van der Waals surface area contributed by atoms with E-state index in [1.54, 1.807) is 47.0 Å². The van der Waals surface area contributed by atoms with E-state index in [1.165, 1.54) is 11.1 Å². The van der Waals surface area contributed by atoms with E-state index in [4.69, 9.17) is 11.6 Å². The third kappa shape index (κ3) is 6.71. The third-order valence-corrected chi connectivity index (χ3v) is 6.82. The molecule has 0 unspecified atom stereocenters. The first kappa shape index (κ1) is 25.5. The summed E-state index contributed by atoms with van der Waals surface area (Å²) in [6, 6.07) is 15.5. The van der Waals surface area contributed by atoms with Gasteiger partial charge in [0.15, 0.2) is 0 Å². The van der Waals surface area contributed by atoms with Crippen LogP contribution in [0, 0.1) is 5.92 Å². The van der Waals surface area contributed by atoms with Crippen molar-refractivity contribution in [2.45, 2.75) is 37.8 Å². The van der Waals surface area contributed by atoms with Crippen molar-refractivity contribution in [2.75, 3.05) is 11.9 Å². The van der Waals surface area contributed by atoms with Gasteiger partial charge in [-0.2, -0.15) is 0 Å². The van der Waals surface area contributed by atoms with Gasteiger partial charge in [0.25, 0.3) is 0 Å². The molecule has 0 aliphatic rings. The zero-order valence-electron chi connectivity index (χ0n) is 19.3. The van der Waals surface area contributed by atoms with Gasteiger partial charge < -0.3 is 14.8 Å². The second-order valence-electron chi connectivity index (χ2n) is 8.39. The average molecular weight is 501 g/mol. The maximum atomic E-state index is 13.2. The van der Waals surface area contributed by atoms with E-state index in [9.17, 15) is 13.2 Å². The van der Waals surface area contributed by atoms with E-state index in [-0.39, 0.29) is 35.9 Å². The van der Waals surface area contributed by atoms with E-state index in [1.807, 2.05) is 32.0 Å². The number of anilines is 1. The molecular weight excluding hydrogens is 472 g/mol. The number of hydrogen-bond donors (Lipinski definition) is 1. The first-order valence-corrected chi connectivity index (χ1v) is 13.0. The molecule has 1 aromatic heterocycles. The van der Waals surface area contributed by atoms with Crippen LogP contribution < -0.4 is 5.32 Å². The second kappa shape index (κ2) is 11.4. The van der Waals surface area contributed by atoms with Crippen molar-refractivity contribution >= 4 is 33.2 Å². The van der Waals surface area contributed by atoms with Crippen molar-refractivity contribution < 1.29 is 13.2 Å². The van der Waals surface area contributed by atoms with Crippen molar-refractivity contribution in [1.82, 2.24) is 14.5 Å². The van der Waals surface area contributed by atoms with Gasteiger partial charge in [0.1, 0.15) is 0 Å². The highest BCUT2D eigenvalue weighted by Gasteiger charge is 2.26. The van der Waals surface area contributed by atoms with Crippen molar-refractivity contribution in [1.29, 1.82) is 0 Å². The number of nitrogens with one attached hydrogen (secondary N) is 1. The number of amides is 2. The molecule has 0 atom stereocenters. The monoisotopic (exact) mass is 500 g/mol. The number of aromatic nitrogens is 2. The Morgan fingerprint density at radius 3 is 2.59 bits per heavy atom. The molecule has 0 saturated heterocycles. The number of halogens is 1. The first-order valence-electron chi connectivity index (χ1n) is 10.9. The number of benzene rings is 2. The lowest BCUT2D eigenvalue weighted by atomic mass is 10.2. The highest BCUT2D eigenvalue weighted by molar-refractivity contribution is 7.90. The van der Waals surface area contributed by atoms with Crippen LogP contribution in [0.4, 0.5) is 10.5 Å². The lowest BCUT2D eigenvalue weighted by Crippen LogP contribution is -2.35. The summed E-state index contributed by atoms with van der Waals surface area (Å²) in [7, 11) is -3.69. The molecular formula is C25H29ClN4O3S. The number of urea groups is 1. The van der Waals surface area contributed by atoms with Crippen molar-refractivity contribution in [3.8, 4) is 0 Å². The summed E-state index contributed by atoms with van der Waals surface area (Å²) in [6.07, 6.45) is 3.15. The Hall–Kier alpha value is -3.10. The highest BCUT2D eigenvalue weighted by Crippen LogP contribution is 2.21. The molecule has 180 valence electrons. The summed E-state index contributed by atoms with van der Waals surface area (Å²) >= 11 is 6.02. The molecule has 0 fully saturated rings. The maximum Gasteiger partial charge on any atom is 0.322 e. The van der Waals surface area contributed by atoms with Gasteiger partial charge in [0.05, 0.1) is 24.2 Å². The fourth-order valence-electron chi connectivity index (χ4n) is 3.52. The summed E-state index contributed by atoms with van der Waals surface area (Å²) < 4.78 is 28.2. The van der Waals surface area contributed by atoms with Crippen LogP contribution in [-0.2, 0) is 28.7 Å². The van der Waals surface area contributed by atoms with Gasteiger partial charge in [-0.25, -0.2) is 18.2 Å². The van der Waals surface area contributed by atoms with Crippen LogP contribution in [0.5, 0.6) is 0 Å². The molecule has 2 amide bonds. The van der Waals surface area contributed by atoms with Crippen LogP contribution >= 0.6 is 11.6 Å². The van der Waals surface area contributed by atoms with Gasteiger partial charge in [-0.15, -0.1) is 6.58 Å². The van der Waals surface area contributed by atoms with Crippen molar-refractivity contribution in [3.63, 3.8) is 0 Å². The zero-order valence-corrected chi connectivity index (χ0v) is 20.9. The lowest BCUT2D eigenvalue weighted by Gasteiger charge is -2.23. The lowest BCUT2D eigenvalue weighted by molar-refractivity contribution is 0.213. The topological polar surface area (TPSA) is 84.3 Å². The van der Waals surface area contributed by atoms with Crippen LogP contribution in [0.15, 0.2) is 78.6 Å². The first-order chi connectivity index (χ1) is 16.2. The van der Waals surface area contributed by atoms with E-state index in [2.05, 4.69) is 16.9 Å².